The number of halogens is 1. The summed E-state index contributed by atoms with van der Waals surface area (Å²) in [5, 5.41) is 0.678. The molecule has 0 spiro atoms. The predicted molar refractivity (Wildman–Crippen MR) is 56.2 cm³/mol. The summed E-state index contributed by atoms with van der Waals surface area (Å²) < 4.78 is 5.48. The number of hydrogen-bond acceptors (Lipinski definition) is 1. The number of hydrogen-bond donors (Lipinski definition) is 0. The van der Waals surface area contributed by atoms with Crippen LogP contribution in [-0.4, -0.2) is 6.61 Å². The van der Waals surface area contributed by atoms with Crippen molar-refractivity contribution in [2.75, 3.05) is 6.61 Å². The number of benzene rings is 1. The van der Waals surface area contributed by atoms with Crippen molar-refractivity contribution in [2.24, 2.45) is 0 Å². The van der Waals surface area contributed by atoms with E-state index in [-0.39, 0.29) is 0 Å². The highest BCUT2D eigenvalue weighted by atomic mass is 35.5. The summed E-state index contributed by atoms with van der Waals surface area (Å²) >= 11 is 5.90. The van der Waals surface area contributed by atoms with Gasteiger partial charge >= 0.3 is 0 Å². The van der Waals surface area contributed by atoms with E-state index >= 15 is 0 Å². The Morgan fingerprint density at radius 1 is 1.23 bits per heavy atom. The number of rotatable bonds is 5. The maximum Gasteiger partial charge on any atom is 0.137 e. The van der Waals surface area contributed by atoms with Gasteiger partial charge in [0.1, 0.15) is 5.75 Å². The lowest BCUT2D eigenvalue weighted by molar-refractivity contribution is 0.307. The van der Waals surface area contributed by atoms with Crippen molar-refractivity contribution < 1.29 is 4.74 Å². The molecule has 0 aliphatic carbocycles. The van der Waals surface area contributed by atoms with Crippen LogP contribution in [0.2, 0.25) is 5.02 Å². The van der Waals surface area contributed by atoms with Crippen molar-refractivity contribution in [3.05, 3.63) is 36.2 Å². The van der Waals surface area contributed by atoms with Crippen LogP contribution in [0.1, 0.15) is 19.3 Å². The van der Waals surface area contributed by atoms with Crippen LogP contribution >= 0.6 is 11.6 Å². The number of ether oxygens (including phenoxy) is 1. The van der Waals surface area contributed by atoms with Crippen molar-refractivity contribution in [1.82, 2.24) is 0 Å². The molecule has 0 atom stereocenters. The fourth-order valence-corrected chi connectivity index (χ4v) is 1.21. The average molecular weight is 198 g/mol. The molecule has 0 amide bonds. The van der Waals surface area contributed by atoms with Crippen LogP contribution in [0.15, 0.2) is 24.3 Å². The van der Waals surface area contributed by atoms with Crippen LogP contribution in [0.3, 0.4) is 0 Å². The summed E-state index contributed by atoms with van der Waals surface area (Å²) in [6.07, 6.45) is 3.10. The molecule has 0 bridgehead atoms. The molecule has 0 unspecified atom stereocenters. The summed E-state index contributed by atoms with van der Waals surface area (Å²) in [5.41, 5.74) is 0. The fourth-order valence-electron chi connectivity index (χ4n) is 1.02. The third-order valence-electron chi connectivity index (χ3n) is 1.74. The van der Waals surface area contributed by atoms with E-state index in [0.717, 1.165) is 31.6 Å². The first kappa shape index (κ1) is 10.4. The smallest absolute Gasteiger partial charge is 0.137 e. The SMILES string of the molecule is [CH2]CCCCOc1ccccc1Cl. The minimum Gasteiger partial charge on any atom is -0.492 e. The number of unbranched alkanes of at least 4 members (excludes halogenated alkanes) is 2. The molecule has 0 fully saturated rings. The van der Waals surface area contributed by atoms with Crippen molar-refractivity contribution in [2.45, 2.75) is 19.3 Å². The zero-order valence-electron chi connectivity index (χ0n) is 7.63. The van der Waals surface area contributed by atoms with E-state index in [4.69, 9.17) is 16.3 Å². The molecule has 1 aromatic rings. The van der Waals surface area contributed by atoms with Crippen LogP contribution in [0.4, 0.5) is 0 Å². The van der Waals surface area contributed by atoms with E-state index in [0.29, 0.717) is 5.02 Å². The van der Waals surface area contributed by atoms with Crippen molar-refractivity contribution in [3.63, 3.8) is 0 Å². The van der Waals surface area contributed by atoms with Crippen molar-refractivity contribution in [3.8, 4) is 5.75 Å². The number of para-hydroxylation sites is 1. The molecule has 1 rings (SSSR count). The summed E-state index contributed by atoms with van der Waals surface area (Å²) in [4.78, 5) is 0. The van der Waals surface area contributed by atoms with Gasteiger partial charge in [0.25, 0.3) is 0 Å². The fraction of sp³-hybridized carbons (Fsp3) is 0.364. The Bertz CT molecular complexity index is 248. The van der Waals surface area contributed by atoms with E-state index in [2.05, 4.69) is 6.92 Å². The summed E-state index contributed by atoms with van der Waals surface area (Å²) in [6.45, 7) is 4.49. The Hall–Kier alpha value is -0.690. The first-order valence-electron chi connectivity index (χ1n) is 4.51. The molecule has 0 N–H and O–H groups in total. The average Bonchev–Trinajstić information content (AvgIpc) is 2.15. The quantitative estimate of drug-likeness (QED) is 0.654. The molecule has 0 heterocycles. The van der Waals surface area contributed by atoms with Gasteiger partial charge in [0.05, 0.1) is 11.6 Å². The van der Waals surface area contributed by atoms with Gasteiger partial charge in [-0.3, -0.25) is 0 Å². The van der Waals surface area contributed by atoms with E-state index in [1.54, 1.807) is 0 Å². The molecule has 1 radical (unpaired) electrons. The van der Waals surface area contributed by atoms with Gasteiger partial charge in [-0.15, -0.1) is 0 Å². The first-order valence-corrected chi connectivity index (χ1v) is 4.89. The Kier molecular flexibility index (Phi) is 4.69. The monoisotopic (exact) mass is 197 g/mol. The largest absolute Gasteiger partial charge is 0.492 e. The minimum absolute atomic E-state index is 0.678. The molecule has 0 aliphatic heterocycles. The Balaban J connectivity index is 2.32. The van der Waals surface area contributed by atoms with E-state index in [1.165, 1.54) is 0 Å². The Morgan fingerprint density at radius 3 is 2.69 bits per heavy atom. The lowest BCUT2D eigenvalue weighted by Crippen LogP contribution is -1.97. The lowest BCUT2D eigenvalue weighted by Gasteiger charge is -2.06. The standard InChI is InChI=1S/C11H14ClO/c1-2-3-6-9-13-11-8-5-4-7-10(11)12/h4-5,7-8H,1-3,6,9H2. The van der Waals surface area contributed by atoms with Gasteiger partial charge in [-0.05, 0) is 18.6 Å². The van der Waals surface area contributed by atoms with Gasteiger partial charge in [0.15, 0.2) is 0 Å². The topological polar surface area (TPSA) is 9.23 Å². The predicted octanol–water partition coefficient (Wildman–Crippen LogP) is 3.72. The second-order valence-corrected chi connectivity index (χ2v) is 3.25. The van der Waals surface area contributed by atoms with Crippen LogP contribution < -0.4 is 4.74 Å². The lowest BCUT2D eigenvalue weighted by atomic mass is 10.3. The summed E-state index contributed by atoms with van der Waals surface area (Å²) in [5.74, 6) is 0.772. The zero-order valence-corrected chi connectivity index (χ0v) is 8.39. The van der Waals surface area contributed by atoms with E-state index in [1.807, 2.05) is 24.3 Å². The summed E-state index contributed by atoms with van der Waals surface area (Å²) in [7, 11) is 0. The second kappa shape index (κ2) is 5.87. The molecule has 13 heavy (non-hydrogen) atoms. The second-order valence-electron chi connectivity index (χ2n) is 2.84. The van der Waals surface area contributed by atoms with Crippen molar-refractivity contribution >= 4 is 11.6 Å². The van der Waals surface area contributed by atoms with Crippen LogP contribution in [0.25, 0.3) is 0 Å². The minimum atomic E-state index is 0.678. The van der Waals surface area contributed by atoms with Gasteiger partial charge in [-0.2, -0.15) is 0 Å². The molecule has 0 aliphatic rings. The molecule has 1 aromatic carbocycles. The molecule has 0 saturated carbocycles. The van der Waals surface area contributed by atoms with Crippen LogP contribution in [0, 0.1) is 6.92 Å². The van der Waals surface area contributed by atoms with E-state index < -0.39 is 0 Å². The Morgan fingerprint density at radius 2 is 2.00 bits per heavy atom. The third kappa shape index (κ3) is 3.69. The van der Waals surface area contributed by atoms with Gasteiger partial charge in [-0.25, -0.2) is 0 Å². The highest BCUT2D eigenvalue weighted by Crippen LogP contribution is 2.23. The van der Waals surface area contributed by atoms with E-state index in [9.17, 15) is 0 Å². The highest BCUT2D eigenvalue weighted by Gasteiger charge is 1.97. The molecule has 0 saturated heterocycles. The molecule has 1 nitrogen and oxygen atoms in total. The summed E-state index contributed by atoms with van der Waals surface area (Å²) in [6, 6.07) is 7.53. The molecular formula is C11H14ClO. The highest BCUT2D eigenvalue weighted by molar-refractivity contribution is 6.32. The first-order chi connectivity index (χ1) is 6.34. The molecule has 71 valence electrons. The van der Waals surface area contributed by atoms with Gasteiger partial charge in [0.2, 0.25) is 0 Å². The third-order valence-corrected chi connectivity index (χ3v) is 2.05. The normalized spacial score (nSPS) is 10.0. The molecule has 0 aromatic heterocycles. The van der Waals surface area contributed by atoms with Gasteiger partial charge in [-0.1, -0.05) is 43.5 Å². The van der Waals surface area contributed by atoms with Crippen LogP contribution in [-0.2, 0) is 0 Å². The van der Waals surface area contributed by atoms with Crippen molar-refractivity contribution in [1.29, 1.82) is 0 Å². The van der Waals surface area contributed by atoms with Crippen LogP contribution in [0.5, 0.6) is 5.75 Å². The Labute approximate surface area is 84.7 Å². The maximum absolute atomic E-state index is 5.90. The molecular weight excluding hydrogens is 184 g/mol. The molecule has 2 heteroatoms. The van der Waals surface area contributed by atoms with Gasteiger partial charge in [0, 0.05) is 0 Å². The maximum atomic E-state index is 5.90. The van der Waals surface area contributed by atoms with Gasteiger partial charge < -0.3 is 4.74 Å². The zero-order chi connectivity index (χ0) is 9.52.